The Morgan fingerprint density at radius 3 is 2.30 bits per heavy atom. The van der Waals surface area contributed by atoms with Crippen molar-refractivity contribution in [3.05, 3.63) is 36.4 Å². The lowest BCUT2D eigenvalue weighted by Crippen LogP contribution is -2.10. The molecule has 0 bridgehead atoms. The van der Waals surface area contributed by atoms with E-state index in [1.165, 1.54) is 4.90 Å². The Balaban J connectivity index is 2.18. The van der Waals surface area contributed by atoms with Gasteiger partial charge in [0.2, 0.25) is 0 Å². The summed E-state index contributed by atoms with van der Waals surface area (Å²) in [6.07, 6.45) is 2.13. The smallest absolute Gasteiger partial charge is 0.185 e. The number of hydrogen-bond acceptors (Lipinski definition) is 5. The molecule has 20 heavy (non-hydrogen) atoms. The van der Waals surface area contributed by atoms with Gasteiger partial charge in [0.15, 0.2) is 12.0 Å². The van der Waals surface area contributed by atoms with Crippen LogP contribution in [0.15, 0.2) is 36.4 Å². The average Bonchev–Trinajstić information content (AvgIpc) is 2.47. The van der Waals surface area contributed by atoms with Gasteiger partial charge >= 0.3 is 0 Å². The van der Waals surface area contributed by atoms with Crippen LogP contribution in [0, 0.1) is 11.5 Å². The van der Waals surface area contributed by atoms with E-state index in [1.54, 1.807) is 13.1 Å². The van der Waals surface area contributed by atoms with Gasteiger partial charge in [-0.05, 0) is 50.2 Å². The van der Waals surface area contributed by atoms with Gasteiger partial charge in [0, 0.05) is 12.6 Å². The van der Waals surface area contributed by atoms with E-state index in [4.69, 9.17) is 10.00 Å². The van der Waals surface area contributed by atoms with Crippen LogP contribution in [0.5, 0.6) is 5.75 Å². The molecule has 0 radical (unpaired) electrons. The minimum atomic E-state index is 0.154. The zero-order chi connectivity index (χ0) is 14.5. The third kappa shape index (κ3) is 3.23. The Morgan fingerprint density at radius 2 is 1.80 bits per heavy atom. The first-order valence-electron chi connectivity index (χ1n) is 6.34. The zero-order valence-electron chi connectivity index (χ0n) is 11.7. The van der Waals surface area contributed by atoms with Crippen LogP contribution in [0.3, 0.4) is 0 Å². The van der Waals surface area contributed by atoms with E-state index < -0.39 is 0 Å². The number of ether oxygens (including phenoxy) is 1. The minimum absolute atomic E-state index is 0.154. The average molecular weight is 268 g/mol. The summed E-state index contributed by atoms with van der Waals surface area (Å²) in [5.41, 5.74) is 1.72. The number of nitrogens with zero attached hydrogens (tertiary/aromatic N) is 4. The lowest BCUT2D eigenvalue weighted by Gasteiger charge is -2.10. The summed E-state index contributed by atoms with van der Waals surface area (Å²) in [5, 5.41) is 16.9. The fourth-order valence-corrected chi connectivity index (χ4v) is 1.69. The Morgan fingerprint density at radius 1 is 1.10 bits per heavy atom. The normalized spacial score (nSPS) is 10.2. The van der Waals surface area contributed by atoms with Crippen LogP contribution in [0.4, 0.5) is 5.82 Å². The molecule has 0 saturated carbocycles. The van der Waals surface area contributed by atoms with Crippen molar-refractivity contribution < 1.29 is 4.74 Å². The van der Waals surface area contributed by atoms with E-state index in [-0.39, 0.29) is 6.10 Å². The Bertz CT molecular complexity index is 599. The zero-order valence-corrected chi connectivity index (χ0v) is 11.7. The Labute approximate surface area is 118 Å². The Hall–Kier alpha value is -2.61. The van der Waals surface area contributed by atoms with E-state index in [0.717, 1.165) is 17.0 Å². The number of benzene rings is 1. The molecule has 0 N–H and O–H groups in total. The summed E-state index contributed by atoms with van der Waals surface area (Å²) >= 11 is 0. The Kier molecular flexibility index (Phi) is 4.16. The number of anilines is 1. The van der Waals surface area contributed by atoms with E-state index >= 15 is 0 Å². The molecule has 0 aliphatic carbocycles. The van der Waals surface area contributed by atoms with Crippen molar-refractivity contribution in [3.8, 4) is 23.2 Å². The molecule has 1 heterocycles. The van der Waals surface area contributed by atoms with Gasteiger partial charge in [-0.15, -0.1) is 10.2 Å². The van der Waals surface area contributed by atoms with Gasteiger partial charge in [-0.1, -0.05) is 0 Å². The summed E-state index contributed by atoms with van der Waals surface area (Å²) < 4.78 is 5.59. The van der Waals surface area contributed by atoms with Gasteiger partial charge in [-0.25, -0.2) is 0 Å². The van der Waals surface area contributed by atoms with Crippen molar-refractivity contribution in [1.29, 1.82) is 5.26 Å². The number of aromatic nitrogens is 2. The van der Waals surface area contributed by atoms with E-state index in [1.807, 2.05) is 50.4 Å². The molecule has 0 atom stereocenters. The molecule has 0 aliphatic heterocycles. The number of nitriles is 1. The molecule has 1 aromatic heterocycles. The lowest BCUT2D eigenvalue weighted by molar-refractivity contribution is 0.242. The minimum Gasteiger partial charge on any atom is -0.491 e. The van der Waals surface area contributed by atoms with Gasteiger partial charge in [0.25, 0.3) is 0 Å². The molecular formula is C15H16N4O. The van der Waals surface area contributed by atoms with Crippen LogP contribution in [0.2, 0.25) is 0 Å². The standard InChI is InChI=1S/C15H16N4O/c1-11(2)20-13-6-4-12(5-7-13)14-8-9-15(18-17-14)19(3)10-16/h4-9,11H,1-3H3. The molecule has 5 heteroatoms. The molecule has 2 rings (SSSR count). The topological polar surface area (TPSA) is 62.0 Å². The van der Waals surface area contributed by atoms with Crippen molar-refractivity contribution in [2.24, 2.45) is 0 Å². The predicted octanol–water partition coefficient (Wildman–Crippen LogP) is 2.85. The predicted molar refractivity (Wildman–Crippen MR) is 77.2 cm³/mol. The monoisotopic (exact) mass is 268 g/mol. The van der Waals surface area contributed by atoms with Crippen molar-refractivity contribution in [2.75, 3.05) is 11.9 Å². The first-order valence-corrected chi connectivity index (χ1v) is 6.34. The second-order valence-corrected chi connectivity index (χ2v) is 4.63. The molecule has 0 spiro atoms. The number of rotatable bonds is 4. The van der Waals surface area contributed by atoms with Crippen LogP contribution in [0.25, 0.3) is 11.3 Å². The summed E-state index contributed by atoms with van der Waals surface area (Å²) in [6, 6.07) is 11.3. The summed E-state index contributed by atoms with van der Waals surface area (Å²) in [6.45, 7) is 3.98. The molecule has 5 nitrogen and oxygen atoms in total. The quantitative estimate of drug-likeness (QED) is 0.630. The third-order valence-corrected chi connectivity index (χ3v) is 2.67. The SMILES string of the molecule is CC(C)Oc1ccc(-c2ccc(N(C)C#N)nn2)cc1. The molecule has 1 aromatic carbocycles. The van der Waals surface area contributed by atoms with Gasteiger partial charge in [0.05, 0.1) is 11.8 Å². The van der Waals surface area contributed by atoms with E-state index in [0.29, 0.717) is 5.82 Å². The molecule has 0 saturated heterocycles. The maximum absolute atomic E-state index is 8.77. The van der Waals surface area contributed by atoms with Crippen molar-refractivity contribution in [1.82, 2.24) is 10.2 Å². The maximum Gasteiger partial charge on any atom is 0.185 e. The van der Waals surface area contributed by atoms with Crippen molar-refractivity contribution >= 4 is 5.82 Å². The van der Waals surface area contributed by atoms with Crippen LogP contribution < -0.4 is 9.64 Å². The van der Waals surface area contributed by atoms with E-state index in [9.17, 15) is 0 Å². The van der Waals surface area contributed by atoms with Crippen LogP contribution >= 0.6 is 0 Å². The van der Waals surface area contributed by atoms with E-state index in [2.05, 4.69) is 10.2 Å². The van der Waals surface area contributed by atoms with Crippen LogP contribution in [-0.2, 0) is 0 Å². The summed E-state index contributed by atoms with van der Waals surface area (Å²) in [4.78, 5) is 1.36. The molecule has 0 unspecified atom stereocenters. The first-order chi connectivity index (χ1) is 9.60. The molecule has 2 aromatic rings. The highest BCUT2D eigenvalue weighted by Gasteiger charge is 2.05. The van der Waals surface area contributed by atoms with Crippen molar-refractivity contribution in [3.63, 3.8) is 0 Å². The van der Waals surface area contributed by atoms with Gasteiger partial charge in [-0.3, -0.25) is 4.90 Å². The fraction of sp³-hybridized carbons (Fsp3) is 0.267. The molecule has 102 valence electrons. The molecule has 0 fully saturated rings. The molecule has 0 amide bonds. The van der Waals surface area contributed by atoms with Gasteiger partial charge < -0.3 is 4.74 Å². The summed E-state index contributed by atoms with van der Waals surface area (Å²) in [5.74, 6) is 1.36. The van der Waals surface area contributed by atoms with Crippen LogP contribution in [-0.4, -0.2) is 23.3 Å². The first kappa shape index (κ1) is 13.8. The third-order valence-electron chi connectivity index (χ3n) is 2.67. The van der Waals surface area contributed by atoms with Crippen LogP contribution in [0.1, 0.15) is 13.8 Å². The van der Waals surface area contributed by atoms with Gasteiger partial charge in [0.1, 0.15) is 5.75 Å². The molecular weight excluding hydrogens is 252 g/mol. The highest BCUT2D eigenvalue weighted by molar-refractivity contribution is 5.60. The second-order valence-electron chi connectivity index (χ2n) is 4.63. The summed E-state index contributed by atoms with van der Waals surface area (Å²) in [7, 11) is 1.64. The molecule has 0 aliphatic rings. The lowest BCUT2D eigenvalue weighted by atomic mass is 10.1. The second kappa shape index (κ2) is 6.02. The van der Waals surface area contributed by atoms with Gasteiger partial charge in [-0.2, -0.15) is 5.26 Å². The van der Waals surface area contributed by atoms with Crippen molar-refractivity contribution in [2.45, 2.75) is 20.0 Å². The highest BCUT2D eigenvalue weighted by Crippen LogP contribution is 2.21. The maximum atomic E-state index is 8.77. The fourth-order valence-electron chi connectivity index (χ4n) is 1.69. The number of hydrogen-bond donors (Lipinski definition) is 0. The highest BCUT2D eigenvalue weighted by atomic mass is 16.5. The largest absolute Gasteiger partial charge is 0.491 e.